The zero-order chi connectivity index (χ0) is 15.3. The zero-order valence-electron chi connectivity index (χ0n) is 13.8. The minimum atomic E-state index is -0.277. The summed E-state index contributed by atoms with van der Waals surface area (Å²) in [5.74, 6) is 0.939. The molecule has 1 aliphatic rings. The lowest BCUT2D eigenvalue weighted by Gasteiger charge is -2.38. The van der Waals surface area contributed by atoms with Crippen LogP contribution in [-0.2, 0) is 6.42 Å². The molecule has 1 saturated heterocycles. The van der Waals surface area contributed by atoms with Gasteiger partial charge in [0.1, 0.15) is 5.75 Å². The molecule has 1 aromatic rings. The lowest BCUT2D eigenvalue weighted by molar-refractivity contribution is 0.113. The van der Waals surface area contributed by atoms with Crippen LogP contribution in [0.3, 0.4) is 0 Å². The van der Waals surface area contributed by atoms with Crippen molar-refractivity contribution in [1.29, 1.82) is 0 Å². The van der Waals surface area contributed by atoms with Gasteiger partial charge in [-0.05, 0) is 64.4 Å². The number of ether oxygens (including phenoxy) is 1. The summed E-state index contributed by atoms with van der Waals surface area (Å²) in [5, 5.41) is 0. The summed E-state index contributed by atoms with van der Waals surface area (Å²) < 4.78 is 5.78. The molecule has 3 heteroatoms. The molecular formula is C18H30N2O. The fourth-order valence-corrected chi connectivity index (χ4v) is 3.11. The van der Waals surface area contributed by atoms with Crippen molar-refractivity contribution in [2.75, 3.05) is 13.1 Å². The Kier molecular flexibility index (Phi) is 5.65. The third-order valence-corrected chi connectivity index (χ3v) is 4.16. The van der Waals surface area contributed by atoms with Gasteiger partial charge in [-0.2, -0.15) is 0 Å². The smallest absolute Gasteiger partial charge is 0.119 e. The minimum Gasteiger partial charge on any atom is -0.491 e. The Morgan fingerprint density at radius 2 is 1.86 bits per heavy atom. The molecule has 0 aliphatic carbocycles. The lowest BCUT2D eigenvalue weighted by atomic mass is 9.99. The van der Waals surface area contributed by atoms with E-state index in [1.54, 1.807) is 0 Å². The van der Waals surface area contributed by atoms with Crippen LogP contribution in [0.1, 0.15) is 52.0 Å². The summed E-state index contributed by atoms with van der Waals surface area (Å²) in [4.78, 5) is 2.45. The minimum absolute atomic E-state index is 0.204. The zero-order valence-corrected chi connectivity index (χ0v) is 13.8. The summed E-state index contributed by atoms with van der Waals surface area (Å²) in [7, 11) is 0. The van der Waals surface area contributed by atoms with E-state index < -0.39 is 0 Å². The second-order valence-corrected chi connectivity index (χ2v) is 6.75. The van der Waals surface area contributed by atoms with Gasteiger partial charge in [0.15, 0.2) is 0 Å². The summed E-state index contributed by atoms with van der Waals surface area (Å²) in [6.07, 6.45) is 6.28. The van der Waals surface area contributed by atoms with Gasteiger partial charge in [0.25, 0.3) is 0 Å². The van der Waals surface area contributed by atoms with Crippen molar-refractivity contribution in [3.63, 3.8) is 0 Å². The third kappa shape index (κ3) is 5.01. The molecule has 1 heterocycles. The maximum absolute atomic E-state index is 6.63. The van der Waals surface area contributed by atoms with Gasteiger partial charge in [-0.15, -0.1) is 0 Å². The van der Waals surface area contributed by atoms with E-state index in [0.29, 0.717) is 0 Å². The quantitative estimate of drug-likeness (QED) is 0.901. The van der Waals surface area contributed by atoms with Crippen molar-refractivity contribution in [1.82, 2.24) is 4.90 Å². The number of likely N-dealkylation sites (tertiary alicyclic amines) is 1. The molecule has 0 amide bonds. The molecule has 0 radical (unpaired) electrons. The van der Waals surface area contributed by atoms with Gasteiger partial charge >= 0.3 is 0 Å². The van der Waals surface area contributed by atoms with Crippen molar-refractivity contribution in [2.24, 2.45) is 5.73 Å². The Hall–Kier alpha value is -1.06. The molecule has 2 rings (SSSR count). The molecule has 1 unspecified atom stereocenters. The van der Waals surface area contributed by atoms with Crippen LogP contribution in [0, 0.1) is 0 Å². The average molecular weight is 290 g/mol. The SMILES string of the molecule is CC(C)Oc1cccc(CC(C)(N)N2CCCCCC2)c1. The Morgan fingerprint density at radius 1 is 1.19 bits per heavy atom. The first-order valence-electron chi connectivity index (χ1n) is 8.27. The van der Waals surface area contributed by atoms with Gasteiger partial charge in [0, 0.05) is 6.42 Å². The molecule has 1 aliphatic heterocycles. The summed E-state index contributed by atoms with van der Waals surface area (Å²) in [6, 6.07) is 8.36. The van der Waals surface area contributed by atoms with Crippen LogP contribution in [0.4, 0.5) is 0 Å². The average Bonchev–Trinajstić information content (AvgIpc) is 2.67. The Bertz CT molecular complexity index is 435. The predicted molar refractivity (Wildman–Crippen MR) is 88.5 cm³/mol. The molecule has 2 N–H and O–H groups in total. The van der Waals surface area contributed by atoms with E-state index in [9.17, 15) is 0 Å². The number of benzene rings is 1. The molecule has 118 valence electrons. The molecular weight excluding hydrogens is 260 g/mol. The highest BCUT2D eigenvalue weighted by Crippen LogP contribution is 2.23. The van der Waals surface area contributed by atoms with Gasteiger partial charge in [-0.3, -0.25) is 4.90 Å². The first-order valence-corrected chi connectivity index (χ1v) is 8.27. The van der Waals surface area contributed by atoms with Crippen LogP contribution in [0.2, 0.25) is 0 Å². The van der Waals surface area contributed by atoms with E-state index in [-0.39, 0.29) is 11.8 Å². The number of nitrogens with zero attached hydrogens (tertiary/aromatic N) is 1. The second-order valence-electron chi connectivity index (χ2n) is 6.75. The van der Waals surface area contributed by atoms with Gasteiger partial charge in [-0.25, -0.2) is 0 Å². The molecule has 0 saturated carbocycles. The molecule has 0 bridgehead atoms. The maximum atomic E-state index is 6.63. The Balaban J connectivity index is 2.04. The highest BCUT2D eigenvalue weighted by atomic mass is 16.5. The fraction of sp³-hybridized carbons (Fsp3) is 0.667. The monoisotopic (exact) mass is 290 g/mol. The van der Waals surface area contributed by atoms with Gasteiger partial charge < -0.3 is 10.5 Å². The van der Waals surface area contributed by atoms with Crippen LogP contribution in [-0.4, -0.2) is 29.8 Å². The first-order chi connectivity index (χ1) is 9.97. The molecule has 3 nitrogen and oxygen atoms in total. The lowest BCUT2D eigenvalue weighted by Crippen LogP contribution is -2.55. The summed E-state index contributed by atoms with van der Waals surface area (Å²) in [6.45, 7) is 8.51. The number of hydrogen-bond donors (Lipinski definition) is 1. The van der Waals surface area contributed by atoms with Crippen molar-refractivity contribution in [3.8, 4) is 5.75 Å². The normalized spacial score (nSPS) is 20.0. The Morgan fingerprint density at radius 3 is 2.48 bits per heavy atom. The summed E-state index contributed by atoms with van der Waals surface area (Å²) >= 11 is 0. The highest BCUT2D eigenvalue weighted by Gasteiger charge is 2.28. The van der Waals surface area contributed by atoms with Crippen LogP contribution in [0.15, 0.2) is 24.3 Å². The van der Waals surface area contributed by atoms with E-state index in [1.165, 1.54) is 31.2 Å². The van der Waals surface area contributed by atoms with Crippen LogP contribution < -0.4 is 10.5 Å². The largest absolute Gasteiger partial charge is 0.491 e. The maximum Gasteiger partial charge on any atom is 0.119 e. The standard InChI is InChI=1S/C18H30N2O/c1-15(2)21-17-10-8-9-16(13-17)14-18(3,19)20-11-6-4-5-7-12-20/h8-10,13,15H,4-7,11-12,14,19H2,1-3H3. The van der Waals surface area contributed by atoms with Crippen LogP contribution in [0.5, 0.6) is 5.75 Å². The predicted octanol–water partition coefficient (Wildman–Crippen LogP) is 3.57. The van der Waals surface area contributed by atoms with E-state index in [4.69, 9.17) is 10.5 Å². The van der Waals surface area contributed by atoms with E-state index in [0.717, 1.165) is 25.3 Å². The van der Waals surface area contributed by atoms with E-state index in [1.807, 2.05) is 6.07 Å². The molecule has 0 aromatic heterocycles. The fourth-order valence-electron chi connectivity index (χ4n) is 3.11. The second kappa shape index (κ2) is 7.28. The number of nitrogens with two attached hydrogens (primary N) is 1. The van der Waals surface area contributed by atoms with Gasteiger partial charge in [0.2, 0.25) is 0 Å². The van der Waals surface area contributed by atoms with Gasteiger partial charge in [-0.1, -0.05) is 25.0 Å². The van der Waals surface area contributed by atoms with Crippen molar-refractivity contribution in [3.05, 3.63) is 29.8 Å². The summed E-state index contributed by atoms with van der Waals surface area (Å²) in [5.41, 5.74) is 7.60. The molecule has 0 spiro atoms. The molecule has 1 atom stereocenters. The first kappa shape index (κ1) is 16.3. The van der Waals surface area contributed by atoms with Crippen molar-refractivity contribution < 1.29 is 4.74 Å². The molecule has 1 aromatic carbocycles. The van der Waals surface area contributed by atoms with E-state index in [2.05, 4.69) is 43.9 Å². The van der Waals surface area contributed by atoms with Crippen LogP contribution in [0.25, 0.3) is 0 Å². The molecule has 21 heavy (non-hydrogen) atoms. The topological polar surface area (TPSA) is 38.5 Å². The van der Waals surface area contributed by atoms with E-state index >= 15 is 0 Å². The van der Waals surface area contributed by atoms with Gasteiger partial charge in [0.05, 0.1) is 11.8 Å². The highest BCUT2D eigenvalue weighted by molar-refractivity contribution is 5.29. The third-order valence-electron chi connectivity index (χ3n) is 4.16. The number of hydrogen-bond acceptors (Lipinski definition) is 3. The van der Waals surface area contributed by atoms with Crippen molar-refractivity contribution in [2.45, 2.75) is 64.6 Å². The van der Waals surface area contributed by atoms with Crippen LogP contribution >= 0.6 is 0 Å². The Labute approximate surface area is 129 Å². The number of rotatable bonds is 5. The van der Waals surface area contributed by atoms with Crippen molar-refractivity contribution >= 4 is 0 Å². The molecule has 1 fully saturated rings.